The maximum absolute atomic E-state index is 12.6. The normalized spacial score (nSPS) is 10.5. The number of aryl methyl sites for hydroxylation is 1. The molecule has 1 heterocycles. The Kier molecular flexibility index (Phi) is 6.72. The molecular weight excluding hydrogens is 388 g/mol. The third-order valence-electron chi connectivity index (χ3n) is 4.51. The van der Waals surface area contributed by atoms with Crippen molar-refractivity contribution in [1.82, 2.24) is 10.3 Å². The standard InChI is InChI=1S/C22H24N2O4S/c1-14-19(29-22(24-14)15-8-10-16(26-2)11-9-15)12-13-23-21(25)17-6-5-7-18(27-3)20(17)28-4/h5-11H,12-13H2,1-4H3,(H,23,25). The molecule has 7 heteroatoms. The number of hydrogen-bond acceptors (Lipinski definition) is 6. The molecule has 0 aliphatic carbocycles. The fourth-order valence-electron chi connectivity index (χ4n) is 2.97. The molecule has 0 saturated heterocycles. The van der Waals surface area contributed by atoms with Gasteiger partial charge in [0.05, 0.1) is 32.6 Å². The second-order valence-corrected chi connectivity index (χ2v) is 7.39. The van der Waals surface area contributed by atoms with Crippen LogP contribution in [0.2, 0.25) is 0 Å². The molecule has 1 aromatic heterocycles. The molecule has 1 amide bonds. The number of methoxy groups -OCH3 is 3. The van der Waals surface area contributed by atoms with Gasteiger partial charge in [-0.05, 0) is 43.3 Å². The summed E-state index contributed by atoms with van der Waals surface area (Å²) < 4.78 is 15.8. The summed E-state index contributed by atoms with van der Waals surface area (Å²) in [5.41, 5.74) is 2.48. The van der Waals surface area contributed by atoms with E-state index in [0.717, 1.165) is 26.9 Å². The molecule has 29 heavy (non-hydrogen) atoms. The first-order valence-corrected chi connectivity index (χ1v) is 9.99. The first-order valence-electron chi connectivity index (χ1n) is 9.17. The smallest absolute Gasteiger partial charge is 0.255 e. The Labute approximate surface area is 174 Å². The van der Waals surface area contributed by atoms with Crippen molar-refractivity contribution in [2.75, 3.05) is 27.9 Å². The lowest BCUT2D eigenvalue weighted by Crippen LogP contribution is -2.26. The van der Waals surface area contributed by atoms with Crippen LogP contribution in [0.5, 0.6) is 17.2 Å². The van der Waals surface area contributed by atoms with Gasteiger partial charge in [-0.1, -0.05) is 6.07 Å². The first-order chi connectivity index (χ1) is 14.1. The number of benzene rings is 2. The van der Waals surface area contributed by atoms with E-state index >= 15 is 0 Å². The summed E-state index contributed by atoms with van der Waals surface area (Å²) in [7, 11) is 4.72. The van der Waals surface area contributed by atoms with E-state index in [1.807, 2.05) is 31.2 Å². The number of para-hydroxylation sites is 1. The second-order valence-electron chi connectivity index (χ2n) is 6.30. The lowest BCUT2D eigenvalue weighted by Gasteiger charge is -2.12. The lowest BCUT2D eigenvalue weighted by molar-refractivity contribution is 0.0950. The van der Waals surface area contributed by atoms with Crippen LogP contribution in [0.3, 0.4) is 0 Å². The van der Waals surface area contributed by atoms with Gasteiger partial charge >= 0.3 is 0 Å². The van der Waals surface area contributed by atoms with Crippen LogP contribution in [0.4, 0.5) is 0 Å². The van der Waals surface area contributed by atoms with Gasteiger partial charge in [0.15, 0.2) is 11.5 Å². The van der Waals surface area contributed by atoms with Crippen molar-refractivity contribution in [3.63, 3.8) is 0 Å². The van der Waals surface area contributed by atoms with Crippen LogP contribution in [-0.2, 0) is 6.42 Å². The number of nitrogens with zero attached hydrogens (tertiary/aromatic N) is 1. The van der Waals surface area contributed by atoms with Crippen molar-refractivity contribution in [3.05, 3.63) is 58.6 Å². The van der Waals surface area contributed by atoms with Crippen molar-refractivity contribution in [2.45, 2.75) is 13.3 Å². The van der Waals surface area contributed by atoms with Gasteiger partial charge in [0.1, 0.15) is 10.8 Å². The average molecular weight is 413 g/mol. The zero-order valence-corrected chi connectivity index (χ0v) is 17.8. The van der Waals surface area contributed by atoms with Gasteiger partial charge in [-0.25, -0.2) is 4.98 Å². The molecule has 0 radical (unpaired) electrons. The van der Waals surface area contributed by atoms with Gasteiger partial charge in [0.25, 0.3) is 5.91 Å². The van der Waals surface area contributed by atoms with Gasteiger partial charge < -0.3 is 19.5 Å². The van der Waals surface area contributed by atoms with Crippen molar-refractivity contribution >= 4 is 17.2 Å². The summed E-state index contributed by atoms with van der Waals surface area (Å²) in [5, 5.41) is 3.91. The van der Waals surface area contributed by atoms with E-state index in [1.165, 1.54) is 7.11 Å². The highest BCUT2D eigenvalue weighted by atomic mass is 32.1. The lowest BCUT2D eigenvalue weighted by atomic mass is 10.1. The average Bonchev–Trinajstić information content (AvgIpc) is 3.13. The summed E-state index contributed by atoms with van der Waals surface area (Å²) in [5.74, 6) is 1.59. The van der Waals surface area contributed by atoms with Crippen LogP contribution in [0.1, 0.15) is 20.9 Å². The number of carbonyl (C=O) groups is 1. The summed E-state index contributed by atoms with van der Waals surface area (Å²) in [4.78, 5) is 18.4. The van der Waals surface area contributed by atoms with E-state index in [0.29, 0.717) is 30.0 Å². The monoisotopic (exact) mass is 412 g/mol. The fourth-order valence-corrected chi connectivity index (χ4v) is 4.04. The van der Waals surface area contributed by atoms with Crippen LogP contribution in [0.15, 0.2) is 42.5 Å². The van der Waals surface area contributed by atoms with Crippen LogP contribution in [0.25, 0.3) is 10.6 Å². The number of thiazole rings is 1. The van der Waals surface area contributed by atoms with Gasteiger partial charge in [-0.3, -0.25) is 4.79 Å². The van der Waals surface area contributed by atoms with Crippen LogP contribution in [0, 0.1) is 6.92 Å². The Morgan fingerprint density at radius 2 is 1.79 bits per heavy atom. The molecule has 6 nitrogen and oxygen atoms in total. The SMILES string of the molecule is COc1ccc(-c2nc(C)c(CCNC(=O)c3cccc(OC)c3OC)s2)cc1. The second kappa shape index (κ2) is 9.43. The molecule has 0 aliphatic rings. The van der Waals surface area contributed by atoms with E-state index in [2.05, 4.69) is 10.3 Å². The van der Waals surface area contributed by atoms with Crippen LogP contribution >= 0.6 is 11.3 Å². The minimum absolute atomic E-state index is 0.196. The predicted molar refractivity (Wildman–Crippen MR) is 114 cm³/mol. The molecule has 0 fully saturated rings. The molecule has 0 saturated carbocycles. The number of ether oxygens (including phenoxy) is 3. The Bertz CT molecular complexity index is 983. The highest BCUT2D eigenvalue weighted by Gasteiger charge is 2.16. The molecule has 0 unspecified atom stereocenters. The van der Waals surface area contributed by atoms with Gasteiger partial charge in [-0.2, -0.15) is 0 Å². The van der Waals surface area contributed by atoms with Crippen molar-refractivity contribution in [3.8, 4) is 27.8 Å². The highest BCUT2D eigenvalue weighted by molar-refractivity contribution is 7.15. The molecule has 152 valence electrons. The molecule has 0 spiro atoms. The number of rotatable bonds is 8. The molecule has 0 aliphatic heterocycles. The Balaban J connectivity index is 1.65. The van der Waals surface area contributed by atoms with Gasteiger partial charge in [0.2, 0.25) is 0 Å². The third-order valence-corrected chi connectivity index (χ3v) is 5.78. The van der Waals surface area contributed by atoms with Gasteiger partial charge in [0, 0.05) is 23.4 Å². The summed E-state index contributed by atoms with van der Waals surface area (Å²) >= 11 is 1.64. The third kappa shape index (κ3) is 4.68. The number of aromatic nitrogens is 1. The first kappa shape index (κ1) is 20.7. The number of carbonyl (C=O) groups excluding carboxylic acids is 1. The molecule has 3 aromatic rings. The molecule has 2 aromatic carbocycles. The minimum Gasteiger partial charge on any atom is -0.497 e. The van der Waals surface area contributed by atoms with Crippen LogP contribution in [-0.4, -0.2) is 38.8 Å². The maximum atomic E-state index is 12.6. The van der Waals surface area contributed by atoms with E-state index in [4.69, 9.17) is 14.2 Å². The quantitative estimate of drug-likeness (QED) is 0.603. The van der Waals surface area contributed by atoms with E-state index < -0.39 is 0 Å². The largest absolute Gasteiger partial charge is 0.497 e. The van der Waals surface area contributed by atoms with Crippen molar-refractivity contribution < 1.29 is 19.0 Å². The Morgan fingerprint density at radius 1 is 1.03 bits per heavy atom. The molecule has 1 N–H and O–H groups in total. The topological polar surface area (TPSA) is 69.7 Å². The number of nitrogens with one attached hydrogen (secondary N) is 1. The summed E-state index contributed by atoms with van der Waals surface area (Å²) in [6.07, 6.45) is 0.706. The fraction of sp³-hybridized carbons (Fsp3) is 0.273. The molecule has 0 atom stereocenters. The Hall–Kier alpha value is -3.06. The van der Waals surface area contributed by atoms with E-state index in [9.17, 15) is 4.79 Å². The van der Waals surface area contributed by atoms with Crippen LogP contribution < -0.4 is 19.5 Å². The van der Waals surface area contributed by atoms with E-state index in [1.54, 1.807) is 43.8 Å². The van der Waals surface area contributed by atoms with E-state index in [-0.39, 0.29) is 5.91 Å². The molecule has 0 bridgehead atoms. The van der Waals surface area contributed by atoms with Crippen molar-refractivity contribution in [1.29, 1.82) is 0 Å². The number of hydrogen-bond donors (Lipinski definition) is 1. The van der Waals surface area contributed by atoms with Crippen molar-refractivity contribution in [2.24, 2.45) is 0 Å². The molecule has 3 rings (SSSR count). The predicted octanol–water partition coefficient (Wildman–Crippen LogP) is 4.12. The summed E-state index contributed by atoms with van der Waals surface area (Å²) in [6.45, 7) is 2.50. The minimum atomic E-state index is -0.196. The highest BCUT2D eigenvalue weighted by Crippen LogP contribution is 2.31. The number of amides is 1. The zero-order chi connectivity index (χ0) is 20.8. The maximum Gasteiger partial charge on any atom is 0.255 e. The summed E-state index contributed by atoms with van der Waals surface area (Å²) in [6, 6.07) is 13.1. The zero-order valence-electron chi connectivity index (χ0n) is 16.9. The van der Waals surface area contributed by atoms with Gasteiger partial charge in [-0.15, -0.1) is 11.3 Å². The Morgan fingerprint density at radius 3 is 2.45 bits per heavy atom. The molecular formula is C22H24N2O4S.